The maximum absolute atomic E-state index is 11.4. The lowest BCUT2D eigenvalue weighted by atomic mass is 10.1. The standard InChI is InChI=1S/C22H21N3O3/c23-21(27)12-22-24-19-7-3-4-8-20(19)25(22)13-17(26)14-28-18-10-9-15-5-1-2-6-16(15)11-18/h1-11,17,26H,12-14H2,(H2,23,27)/t17-/m1/s1. The summed E-state index contributed by atoms with van der Waals surface area (Å²) in [5.74, 6) is 0.780. The molecule has 0 aliphatic heterocycles. The Kier molecular flexibility index (Phi) is 4.95. The van der Waals surface area contributed by atoms with E-state index in [4.69, 9.17) is 10.5 Å². The second kappa shape index (κ2) is 7.70. The van der Waals surface area contributed by atoms with Crippen LogP contribution >= 0.6 is 0 Å². The third-order valence-electron chi connectivity index (χ3n) is 4.62. The minimum atomic E-state index is -0.768. The molecule has 6 nitrogen and oxygen atoms in total. The number of aliphatic hydroxyl groups excluding tert-OH is 1. The number of amides is 1. The van der Waals surface area contributed by atoms with Gasteiger partial charge in [-0.3, -0.25) is 4.79 Å². The summed E-state index contributed by atoms with van der Waals surface area (Å²) in [6.07, 6.45) is -0.747. The second-order valence-electron chi connectivity index (χ2n) is 6.74. The first-order valence-corrected chi connectivity index (χ1v) is 9.12. The van der Waals surface area contributed by atoms with Gasteiger partial charge in [-0.2, -0.15) is 0 Å². The number of para-hydroxylation sites is 2. The Bertz CT molecular complexity index is 1140. The molecule has 0 bridgehead atoms. The molecular formula is C22H21N3O3. The molecule has 0 saturated carbocycles. The molecule has 1 atom stereocenters. The topological polar surface area (TPSA) is 90.4 Å². The Labute approximate surface area is 162 Å². The molecule has 3 aromatic carbocycles. The zero-order valence-electron chi connectivity index (χ0n) is 15.3. The molecule has 4 aromatic rings. The van der Waals surface area contributed by atoms with Gasteiger partial charge in [0, 0.05) is 0 Å². The van der Waals surface area contributed by atoms with E-state index in [1.165, 1.54) is 0 Å². The van der Waals surface area contributed by atoms with Crippen LogP contribution in [0, 0.1) is 0 Å². The normalized spacial score (nSPS) is 12.3. The maximum atomic E-state index is 11.4. The van der Waals surface area contributed by atoms with E-state index in [0.29, 0.717) is 11.6 Å². The van der Waals surface area contributed by atoms with Crippen molar-refractivity contribution in [3.05, 3.63) is 72.6 Å². The molecule has 28 heavy (non-hydrogen) atoms. The van der Waals surface area contributed by atoms with E-state index in [1.54, 1.807) is 0 Å². The maximum Gasteiger partial charge on any atom is 0.225 e. The van der Waals surface area contributed by atoms with Crippen LogP contribution in [0.4, 0.5) is 0 Å². The predicted molar refractivity (Wildman–Crippen MR) is 108 cm³/mol. The highest BCUT2D eigenvalue weighted by Gasteiger charge is 2.16. The van der Waals surface area contributed by atoms with Gasteiger partial charge in [-0.05, 0) is 35.0 Å². The van der Waals surface area contributed by atoms with E-state index in [9.17, 15) is 9.90 Å². The number of aliphatic hydroxyl groups is 1. The Balaban J connectivity index is 1.49. The van der Waals surface area contributed by atoms with Gasteiger partial charge in [-0.15, -0.1) is 0 Å². The third kappa shape index (κ3) is 3.82. The first-order chi connectivity index (χ1) is 13.6. The van der Waals surface area contributed by atoms with E-state index in [1.807, 2.05) is 71.3 Å². The quantitative estimate of drug-likeness (QED) is 0.520. The Morgan fingerprint density at radius 1 is 1.07 bits per heavy atom. The summed E-state index contributed by atoms with van der Waals surface area (Å²) in [5, 5.41) is 12.7. The van der Waals surface area contributed by atoms with Gasteiger partial charge in [0.15, 0.2) is 0 Å². The van der Waals surface area contributed by atoms with Crippen LogP contribution in [0.2, 0.25) is 0 Å². The molecule has 0 aliphatic carbocycles. The number of nitrogens with zero attached hydrogens (tertiary/aromatic N) is 2. The van der Waals surface area contributed by atoms with Gasteiger partial charge in [-0.25, -0.2) is 4.98 Å². The van der Waals surface area contributed by atoms with Crippen LogP contribution in [0.15, 0.2) is 66.7 Å². The monoisotopic (exact) mass is 375 g/mol. The zero-order valence-corrected chi connectivity index (χ0v) is 15.3. The predicted octanol–water partition coefficient (Wildman–Crippen LogP) is 2.66. The number of primary amides is 1. The van der Waals surface area contributed by atoms with Crippen molar-refractivity contribution >= 4 is 27.7 Å². The lowest BCUT2D eigenvalue weighted by Gasteiger charge is -2.15. The molecule has 4 rings (SSSR count). The van der Waals surface area contributed by atoms with Gasteiger partial charge < -0.3 is 20.1 Å². The van der Waals surface area contributed by atoms with E-state index < -0.39 is 12.0 Å². The molecule has 3 N–H and O–H groups in total. The van der Waals surface area contributed by atoms with Gasteiger partial charge in [0.2, 0.25) is 5.91 Å². The van der Waals surface area contributed by atoms with E-state index in [2.05, 4.69) is 4.98 Å². The van der Waals surface area contributed by atoms with Gasteiger partial charge in [0.1, 0.15) is 24.3 Å². The number of imidazole rings is 1. The molecule has 1 heterocycles. The number of aromatic nitrogens is 2. The number of hydrogen-bond donors (Lipinski definition) is 2. The average Bonchev–Trinajstić information content (AvgIpc) is 3.02. The molecule has 0 radical (unpaired) electrons. The van der Waals surface area contributed by atoms with E-state index in [-0.39, 0.29) is 19.6 Å². The van der Waals surface area contributed by atoms with Gasteiger partial charge >= 0.3 is 0 Å². The van der Waals surface area contributed by atoms with Gasteiger partial charge in [0.05, 0.1) is 24.0 Å². The summed E-state index contributed by atoms with van der Waals surface area (Å²) >= 11 is 0. The van der Waals surface area contributed by atoms with Crippen molar-refractivity contribution in [1.82, 2.24) is 9.55 Å². The molecule has 0 spiro atoms. The van der Waals surface area contributed by atoms with Gasteiger partial charge in [-0.1, -0.05) is 42.5 Å². The zero-order chi connectivity index (χ0) is 19.5. The lowest BCUT2D eigenvalue weighted by molar-refractivity contribution is -0.117. The highest BCUT2D eigenvalue weighted by Crippen LogP contribution is 2.21. The Morgan fingerprint density at radius 2 is 1.82 bits per heavy atom. The highest BCUT2D eigenvalue weighted by molar-refractivity contribution is 5.83. The first-order valence-electron chi connectivity index (χ1n) is 9.12. The van der Waals surface area contributed by atoms with Crippen LogP contribution in [0.1, 0.15) is 5.82 Å². The lowest BCUT2D eigenvalue weighted by Crippen LogP contribution is -2.26. The summed E-state index contributed by atoms with van der Waals surface area (Å²) < 4.78 is 7.61. The van der Waals surface area contributed by atoms with Crippen LogP contribution < -0.4 is 10.5 Å². The summed E-state index contributed by atoms with van der Waals surface area (Å²) in [6.45, 7) is 0.386. The molecule has 1 aromatic heterocycles. The van der Waals surface area contributed by atoms with Crippen molar-refractivity contribution in [2.45, 2.75) is 19.1 Å². The van der Waals surface area contributed by atoms with Crippen LogP contribution in [0.3, 0.4) is 0 Å². The van der Waals surface area contributed by atoms with Crippen LogP contribution in [0.5, 0.6) is 5.75 Å². The molecular weight excluding hydrogens is 354 g/mol. The van der Waals surface area contributed by atoms with Crippen LogP contribution in [0.25, 0.3) is 21.8 Å². The summed E-state index contributed by atoms with van der Waals surface area (Å²) in [6, 6.07) is 21.4. The number of carbonyl (C=O) groups excluding carboxylic acids is 1. The fraction of sp³-hybridized carbons (Fsp3) is 0.182. The smallest absolute Gasteiger partial charge is 0.225 e. The molecule has 1 amide bonds. The number of carbonyl (C=O) groups is 1. The molecule has 0 aliphatic rings. The van der Waals surface area contributed by atoms with E-state index in [0.717, 1.165) is 21.8 Å². The number of nitrogens with two attached hydrogens (primary N) is 1. The van der Waals surface area contributed by atoms with Crippen molar-refractivity contribution in [2.24, 2.45) is 5.73 Å². The summed E-state index contributed by atoms with van der Waals surface area (Å²) in [4.78, 5) is 15.9. The number of rotatable bonds is 7. The minimum Gasteiger partial charge on any atom is -0.491 e. The van der Waals surface area contributed by atoms with E-state index >= 15 is 0 Å². The number of fused-ring (bicyclic) bond motifs is 2. The van der Waals surface area contributed by atoms with Crippen LogP contribution in [-0.2, 0) is 17.8 Å². The SMILES string of the molecule is NC(=O)Cc1nc2ccccc2n1C[C@@H](O)COc1ccc2ccccc2c1. The van der Waals surface area contributed by atoms with Crippen molar-refractivity contribution in [2.75, 3.05) is 6.61 Å². The first kappa shape index (κ1) is 18.0. The summed E-state index contributed by atoms with van der Waals surface area (Å²) in [5.41, 5.74) is 6.96. The Hall–Kier alpha value is -3.38. The Morgan fingerprint density at radius 3 is 2.64 bits per heavy atom. The fourth-order valence-electron chi connectivity index (χ4n) is 3.33. The largest absolute Gasteiger partial charge is 0.491 e. The van der Waals surface area contributed by atoms with Crippen molar-refractivity contribution in [3.8, 4) is 5.75 Å². The summed E-state index contributed by atoms with van der Waals surface area (Å²) in [7, 11) is 0. The number of benzene rings is 3. The second-order valence-corrected chi connectivity index (χ2v) is 6.74. The molecule has 0 fully saturated rings. The molecule has 0 unspecified atom stereocenters. The van der Waals surface area contributed by atoms with Crippen molar-refractivity contribution < 1.29 is 14.6 Å². The van der Waals surface area contributed by atoms with Crippen molar-refractivity contribution in [3.63, 3.8) is 0 Å². The molecule has 0 saturated heterocycles. The molecule has 6 heteroatoms. The van der Waals surface area contributed by atoms with Crippen molar-refractivity contribution in [1.29, 1.82) is 0 Å². The average molecular weight is 375 g/mol. The van der Waals surface area contributed by atoms with Crippen LogP contribution in [-0.4, -0.2) is 33.3 Å². The fourth-order valence-corrected chi connectivity index (χ4v) is 3.33. The third-order valence-corrected chi connectivity index (χ3v) is 4.62. The van der Waals surface area contributed by atoms with Gasteiger partial charge in [0.25, 0.3) is 0 Å². The minimum absolute atomic E-state index is 0.0208. The number of hydrogen-bond acceptors (Lipinski definition) is 4. The molecule has 142 valence electrons. The number of ether oxygens (including phenoxy) is 1. The highest BCUT2D eigenvalue weighted by atomic mass is 16.5.